The largest absolute Gasteiger partial charge is 0.480 e. The van der Waals surface area contributed by atoms with Crippen molar-refractivity contribution >= 4 is 17.8 Å². The van der Waals surface area contributed by atoms with Crippen molar-refractivity contribution in [3.05, 3.63) is 60.8 Å². The highest BCUT2D eigenvalue weighted by Crippen LogP contribution is 2.15. The number of hydrogen-bond donors (Lipinski definition) is 3. The Labute approximate surface area is 312 Å². The number of allylic oxidation sites excluding steroid dienone is 9. The summed E-state index contributed by atoms with van der Waals surface area (Å²) in [5.74, 6) is -1.37. The van der Waals surface area contributed by atoms with Gasteiger partial charge < -0.3 is 20.9 Å². The lowest BCUT2D eigenvalue weighted by atomic mass is 10.1. The third kappa shape index (κ3) is 35.3. The number of esters is 1. The first-order chi connectivity index (χ1) is 24.9. The lowest BCUT2D eigenvalue weighted by Crippen LogP contribution is -2.40. The second-order valence-corrected chi connectivity index (χ2v) is 13.7. The molecule has 0 spiro atoms. The van der Waals surface area contributed by atoms with Crippen LogP contribution in [0.3, 0.4) is 0 Å². The van der Waals surface area contributed by atoms with Crippen LogP contribution in [0.2, 0.25) is 0 Å². The van der Waals surface area contributed by atoms with Gasteiger partial charge in [-0.15, -0.1) is 0 Å². The molecule has 0 saturated carbocycles. The highest BCUT2D eigenvalue weighted by molar-refractivity contribution is 5.83. The van der Waals surface area contributed by atoms with Crippen LogP contribution in [-0.2, 0) is 19.1 Å². The van der Waals surface area contributed by atoms with Gasteiger partial charge in [-0.05, 0) is 103 Å². The maximum absolute atomic E-state index is 12.7. The van der Waals surface area contributed by atoms with Crippen LogP contribution in [0.15, 0.2) is 60.8 Å². The zero-order chi connectivity index (χ0) is 37.5. The maximum atomic E-state index is 12.7. The summed E-state index contributed by atoms with van der Waals surface area (Å²) in [5, 5.41) is 11.9. The Morgan fingerprint density at radius 2 is 1.10 bits per heavy atom. The van der Waals surface area contributed by atoms with Gasteiger partial charge in [0.05, 0.1) is 0 Å². The average molecular weight is 713 g/mol. The van der Waals surface area contributed by atoms with E-state index in [9.17, 15) is 19.5 Å². The van der Waals surface area contributed by atoms with E-state index in [2.05, 4.69) is 73.8 Å². The molecule has 1 amide bonds. The second kappa shape index (κ2) is 38.3. The molecule has 0 fully saturated rings. The third-order valence-electron chi connectivity index (χ3n) is 8.79. The van der Waals surface area contributed by atoms with Gasteiger partial charge in [0.2, 0.25) is 5.91 Å². The zero-order valence-corrected chi connectivity index (χ0v) is 32.7. The predicted octanol–water partition coefficient (Wildman–Crippen LogP) is 11.4. The first-order valence-corrected chi connectivity index (χ1v) is 20.6. The lowest BCUT2D eigenvalue weighted by Gasteiger charge is -2.15. The van der Waals surface area contributed by atoms with Gasteiger partial charge in [0.1, 0.15) is 12.1 Å². The standard InChI is InChI=1S/C44H76N2O5/c1-3-5-7-9-11-12-13-14-15-16-17-18-19-20-21-22-24-26-32-38-43(48)51-40(34-29-25-23-10-8-6-4-2)35-30-27-28-31-37-42(47)46-41(44(49)50)36-33-39-45/h10-12,14-15,17-18,23,29,34,40-41H,3-9,13,16,19-22,24-28,30-33,35-39,45H2,1-2H3,(H,46,47)(H,49,50)/b12-11-,15-14-,18-17-,23-10-,34-29-. The molecule has 292 valence electrons. The quantitative estimate of drug-likeness (QED) is 0.0338. The van der Waals surface area contributed by atoms with Crippen LogP contribution < -0.4 is 11.1 Å². The van der Waals surface area contributed by atoms with E-state index >= 15 is 0 Å². The van der Waals surface area contributed by atoms with Crippen molar-refractivity contribution in [1.29, 1.82) is 0 Å². The Morgan fingerprint density at radius 3 is 1.71 bits per heavy atom. The summed E-state index contributed by atoms with van der Waals surface area (Å²) in [6, 6.07) is -0.877. The van der Waals surface area contributed by atoms with Crippen LogP contribution in [-0.4, -0.2) is 41.6 Å². The summed E-state index contributed by atoms with van der Waals surface area (Å²) in [6.45, 7) is 4.83. The minimum absolute atomic E-state index is 0.121. The third-order valence-corrected chi connectivity index (χ3v) is 8.79. The molecule has 4 N–H and O–H groups in total. The van der Waals surface area contributed by atoms with Gasteiger partial charge >= 0.3 is 11.9 Å². The molecule has 0 aliphatic carbocycles. The van der Waals surface area contributed by atoms with E-state index in [1.807, 2.05) is 6.08 Å². The number of unbranched alkanes of at least 4 members (excludes halogenated alkanes) is 14. The van der Waals surface area contributed by atoms with Crippen LogP contribution in [0, 0.1) is 0 Å². The van der Waals surface area contributed by atoms with E-state index in [-0.39, 0.29) is 18.0 Å². The van der Waals surface area contributed by atoms with Gasteiger partial charge in [0.15, 0.2) is 0 Å². The lowest BCUT2D eigenvalue weighted by molar-refractivity contribution is -0.147. The van der Waals surface area contributed by atoms with E-state index in [0.29, 0.717) is 38.6 Å². The number of nitrogens with one attached hydrogen (secondary N) is 1. The Morgan fingerprint density at radius 1 is 0.588 bits per heavy atom. The number of carboxylic acids is 1. The van der Waals surface area contributed by atoms with Crippen molar-refractivity contribution in [3.63, 3.8) is 0 Å². The highest BCUT2D eigenvalue weighted by Gasteiger charge is 2.19. The number of aliphatic carboxylic acids is 1. The van der Waals surface area contributed by atoms with Gasteiger partial charge in [-0.1, -0.05) is 133 Å². The maximum Gasteiger partial charge on any atom is 0.326 e. The topological polar surface area (TPSA) is 119 Å². The molecule has 0 heterocycles. The molecule has 2 atom stereocenters. The molecule has 7 heteroatoms. The summed E-state index contributed by atoms with van der Waals surface area (Å²) >= 11 is 0. The Bertz CT molecular complexity index is 984. The van der Waals surface area contributed by atoms with Crippen LogP contribution in [0.25, 0.3) is 0 Å². The van der Waals surface area contributed by atoms with Crippen molar-refractivity contribution in [1.82, 2.24) is 5.32 Å². The summed E-state index contributed by atoms with van der Waals surface area (Å²) in [6.07, 6.45) is 47.1. The van der Waals surface area contributed by atoms with Crippen LogP contribution in [0.4, 0.5) is 0 Å². The smallest absolute Gasteiger partial charge is 0.326 e. The molecule has 7 nitrogen and oxygen atoms in total. The number of ether oxygens (including phenoxy) is 1. The zero-order valence-electron chi connectivity index (χ0n) is 32.7. The molecule has 0 aromatic carbocycles. The fraction of sp³-hybridized carbons (Fsp3) is 0.705. The predicted molar refractivity (Wildman–Crippen MR) is 216 cm³/mol. The molecule has 0 aliphatic heterocycles. The number of hydrogen-bond acceptors (Lipinski definition) is 5. The Hall–Kier alpha value is -2.93. The molecule has 0 aromatic rings. The van der Waals surface area contributed by atoms with E-state index in [1.165, 1.54) is 57.8 Å². The molecule has 0 radical (unpaired) electrons. The molecule has 2 unspecified atom stereocenters. The number of amides is 1. The molecule has 0 aliphatic rings. The van der Waals surface area contributed by atoms with Crippen molar-refractivity contribution in [2.45, 2.75) is 193 Å². The molecule has 0 rings (SSSR count). The molecule has 0 saturated heterocycles. The fourth-order valence-corrected chi connectivity index (χ4v) is 5.63. The Balaban J connectivity index is 4.25. The van der Waals surface area contributed by atoms with E-state index in [1.54, 1.807) is 0 Å². The molecular formula is C44H76N2O5. The number of carbonyl (C=O) groups excluding carboxylic acids is 2. The minimum atomic E-state index is -1.02. The van der Waals surface area contributed by atoms with E-state index < -0.39 is 12.0 Å². The first kappa shape index (κ1) is 48.1. The van der Waals surface area contributed by atoms with Crippen LogP contribution >= 0.6 is 0 Å². The SMILES string of the molecule is CCCC/C=C\C/C=C\C(CCCCCCC(=O)NC(CCCN)C(=O)O)OC(=O)CCCCCCCC/C=C\C/C=C\C/C=C\CCCCC. The van der Waals surface area contributed by atoms with Gasteiger partial charge in [-0.3, -0.25) is 9.59 Å². The fourth-order valence-electron chi connectivity index (χ4n) is 5.63. The average Bonchev–Trinajstić information content (AvgIpc) is 3.11. The van der Waals surface area contributed by atoms with Crippen molar-refractivity contribution in [2.75, 3.05) is 6.54 Å². The highest BCUT2D eigenvalue weighted by atomic mass is 16.5. The first-order valence-electron chi connectivity index (χ1n) is 20.6. The summed E-state index contributed by atoms with van der Waals surface area (Å²) in [4.78, 5) is 36.2. The summed E-state index contributed by atoms with van der Waals surface area (Å²) in [7, 11) is 0. The van der Waals surface area contributed by atoms with Gasteiger partial charge in [0.25, 0.3) is 0 Å². The number of rotatable bonds is 36. The van der Waals surface area contributed by atoms with E-state index in [4.69, 9.17) is 10.5 Å². The summed E-state index contributed by atoms with van der Waals surface area (Å²) in [5.41, 5.74) is 5.47. The number of carboxylic acid groups (broad SMARTS) is 1. The van der Waals surface area contributed by atoms with Crippen molar-refractivity contribution < 1.29 is 24.2 Å². The van der Waals surface area contributed by atoms with E-state index in [0.717, 1.165) is 77.0 Å². The summed E-state index contributed by atoms with van der Waals surface area (Å²) < 4.78 is 5.88. The minimum Gasteiger partial charge on any atom is -0.480 e. The van der Waals surface area contributed by atoms with Crippen LogP contribution in [0.1, 0.15) is 181 Å². The Kier molecular flexibility index (Phi) is 36.1. The van der Waals surface area contributed by atoms with Gasteiger partial charge in [-0.25, -0.2) is 4.79 Å². The molecule has 0 bridgehead atoms. The molecular weight excluding hydrogens is 636 g/mol. The molecule has 51 heavy (non-hydrogen) atoms. The van der Waals surface area contributed by atoms with Gasteiger partial charge in [0, 0.05) is 12.8 Å². The second-order valence-electron chi connectivity index (χ2n) is 13.7. The van der Waals surface area contributed by atoms with Crippen LogP contribution in [0.5, 0.6) is 0 Å². The van der Waals surface area contributed by atoms with Gasteiger partial charge in [-0.2, -0.15) is 0 Å². The van der Waals surface area contributed by atoms with Crippen molar-refractivity contribution in [2.24, 2.45) is 5.73 Å². The molecule has 0 aromatic heterocycles. The normalized spacial score (nSPS) is 13.3. The van der Waals surface area contributed by atoms with Crippen molar-refractivity contribution in [3.8, 4) is 0 Å². The number of carbonyl (C=O) groups is 3. The monoisotopic (exact) mass is 713 g/mol. The number of nitrogens with two attached hydrogens (primary N) is 1.